The topological polar surface area (TPSA) is 73.6 Å². The second-order valence-electron chi connectivity index (χ2n) is 5.57. The molecule has 0 rings (SSSR count). The molecule has 1 atom stereocenters. The van der Waals surface area contributed by atoms with Crippen LogP contribution in [0.2, 0.25) is 0 Å². The van der Waals surface area contributed by atoms with Gasteiger partial charge in [0.1, 0.15) is 0 Å². The predicted octanol–water partition coefficient (Wildman–Crippen LogP) is 3.42. The molecular weight excluding hydrogens is 268 g/mol. The number of nitrogens with two attached hydrogens (primary N) is 1. The predicted molar refractivity (Wildman–Crippen MR) is 86.1 cm³/mol. The van der Waals surface area contributed by atoms with E-state index in [1.54, 1.807) is 14.2 Å². The molecule has 5 nitrogen and oxygen atoms in total. The number of carbonyl (C=O) groups is 1. The summed E-state index contributed by atoms with van der Waals surface area (Å²) in [5, 5.41) is 2.69. The first-order valence-electron chi connectivity index (χ1n) is 8.19. The van der Waals surface area contributed by atoms with E-state index in [2.05, 4.69) is 12.2 Å². The molecule has 126 valence electrons. The summed E-state index contributed by atoms with van der Waals surface area (Å²) in [5.74, 6) is -0.539. The number of urea groups is 1. The van der Waals surface area contributed by atoms with E-state index < -0.39 is 11.8 Å². The minimum atomic E-state index is -0.647. The molecule has 0 aromatic carbocycles. The maximum atomic E-state index is 11.0. The van der Waals surface area contributed by atoms with Crippen molar-refractivity contribution in [2.45, 2.75) is 71.0 Å². The molecule has 0 aliphatic rings. The summed E-state index contributed by atoms with van der Waals surface area (Å²) in [6.45, 7) is 4.74. The van der Waals surface area contributed by atoms with Gasteiger partial charge in [-0.1, -0.05) is 52.4 Å². The SMILES string of the molecule is CCCCCCCCC(CNC(N)=O)C(CC)(OC)OC. The first-order chi connectivity index (χ1) is 10.1. The van der Waals surface area contributed by atoms with Crippen molar-refractivity contribution in [1.29, 1.82) is 0 Å². The summed E-state index contributed by atoms with van der Waals surface area (Å²) in [5.41, 5.74) is 5.19. The van der Waals surface area contributed by atoms with Crippen molar-refractivity contribution in [2.75, 3.05) is 20.8 Å². The van der Waals surface area contributed by atoms with Crippen LogP contribution in [0.1, 0.15) is 65.2 Å². The van der Waals surface area contributed by atoms with E-state index in [1.165, 1.54) is 32.1 Å². The molecule has 5 heteroatoms. The molecule has 3 N–H and O–H groups in total. The van der Waals surface area contributed by atoms with Gasteiger partial charge in [0.2, 0.25) is 0 Å². The van der Waals surface area contributed by atoms with Gasteiger partial charge in [0.25, 0.3) is 0 Å². The Bertz CT molecular complexity index is 260. The summed E-state index contributed by atoms with van der Waals surface area (Å²) in [6, 6.07) is -0.500. The molecule has 0 aliphatic heterocycles. The van der Waals surface area contributed by atoms with Crippen LogP contribution >= 0.6 is 0 Å². The number of hydrogen-bond donors (Lipinski definition) is 2. The Balaban J connectivity index is 4.41. The van der Waals surface area contributed by atoms with Crippen LogP contribution in [0.15, 0.2) is 0 Å². The van der Waals surface area contributed by atoms with Crippen LogP contribution in [0.5, 0.6) is 0 Å². The maximum Gasteiger partial charge on any atom is 0.312 e. The summed E-state index contributed by atoms with van der Waals surface area (Å²) >= 11 is 0. The van der Waals surface area contributed by atoms with Crippen LogP contribution in [0.3, 0.4) is 0 Å². The van der Waals surface area contributed by atoms with Crippen LogP contribution in [-0.2, 0) is 9.47 Å². The Morgan fingerprint density at radius 3 is 2.14 bits per heavy atom. The highest BCUT2D eigenvalue weighted by Gasteiger charge is 2.37. The van der Waals surface area contributed by atoms with Gasteiger partial charge in [-0.05, 0) is 12.8 Å². The summed E-state index contributed by atoms with van der Waals surface area (Å²) < 4.78 is 11.2. The third-order valence-electron chi connectivity index (χ3n) is 4.23. The standard InChI is InChI=1S/C16H34N2O3/c1-5-7-8-9-10-11-12-14(13-18-15(17)19)16(6-2,20-3)21-4/h14H,5-13H2,1-4H3,(H3,17,18,19). The van der Waals surface area contributed by atoms with Crippen molar-refractivity contribution in [3.8, 4) is 0 Å². The number of unbranched alkanes of at least 4 members (excludes halogenated alkanes) is 5. The lowest BCUT2D eigenvalue weighted by Gasteiger charge is -2.37. The fraction of sp³-hybridized carbons (Fsp3) is 0.938. The van der Waals surface area contributed by atoms with Crippen molar-refractivity contribution >= 4 is 6.03 Å². The molecule has 0 saturated carbocycles. The van der Waals surface area contributed by atoms with E-state index in [1.807, 2.05) is 6.92 Å². The first kappa shape index (κ1) is 20.2. The third-order valence-corrected chi connectivity index (χ3v) is 4.23. The molecule has 21 heavy (non-hydrogen) atoms. The van der Waals surface area contributed by atoms with Gasteiger partial charge >= 0.3 is 6.03 Å². The lowest BCUT2D eigenvalue weighted by atomic mass is 9.89. The van der Waals surface area contributed by atoms with Crippen molar-refractivity contribution < 1.29 is 14.3 Å². The number of nitrogens with one attached hydrogen (secondary N) is 1. The van der Waals surface area contributed by atoms with E-state index in [9.17, 15) is 4.79 Å². The van der Waals surface area contributed by atoms with E-state index in [-0.39, 0.29) is 5.92 Å². The molecule has 0 heterocycles. The Labute approximate surface area is 129 Å². The van der Waals surface area contributed by atoms with Crippen molar-refractivity contribution in [1.82, 2.24) is 5.32 Å². The monoisotopic (exact) mass is 302 g/mol. The molecule has 0 bridgehead atoms. The van der Waals surface area contributed by atoms with Crippen molar-refractivity contribution in [3.63, 3.8) is 0 Å². The van der Waals surface area contributed by atoms with E-state index in [4.69, 9.17) is 15.2 Å². The fourth-order valence-corrected chi connectivity index (χ4v) is 2.87. The quantitative estimate of drug-likeness (QED) is 0.404. The average molecular weight is 302 g/mol. The highest BCUT2D eigenvalue weighted by Crippen LogP contribution is 2.30. The van der Waals surface area contributed by atoms with Gasteiger partial charge < -0.3 is 20.5 Å². The van der Waals surface area contributed by atoms with Gasteiger partial charge in [-0.25, -0.2) is 4.79 Å². The first-order valence-corrected chi connectivity index (χ1v) is 8.19. The normalized spacial score (nSPS) is 13.1. The zero-order chi connectivity index (χ0) is 16.1. The molecule has 0 aliphatic carbocycles. The summed E-state index contributed by atoms with van der Waals surface area (Å²) in [6.07, 6.45) is 9.16. The van der Waals surface area contributed by atoms with E-state index >= 15 is 0 Å². The number of amides is 2. The molecule has 1 unspecified atom stereocenters. The Kier molecular flexibility index (Phi) is 11.4. The molecule has 0 aromatic rings. The van der Waals surface area contributed by atoms with Gasteiger partial charge in [0.15, 0.2) is 5.79 Å². The highest BCUT2D eigenvalue weighted by molar-refractivity contribution is 5.71. The lowest BCUT2D eigenvalue weighted by Crippen LogP contribution is -2.47. The van der Waals surface area contributed by atoms with Crippen LogP contribution in [-0.4, -0.2) is 32.6 Å². The van der Waals surface area contributed by atoms with Gasteiger partial charge in [-0.2, -0.15) is 0 Å². The molecule has 0 fully saturated rings. The van der Waals surface area contributed by atoms with Gasteiger partial charge in [-0.15, -0.1) is 0 Å². The zero-order valence-electron chi connectivity index (χ0n) is 14.2. The number of hydrogen-bond acceptors (Lipinski definition) is 3. The van der Waals surface area contributed by atoms with E-state index in [0.717, 1.165) is 19.3 Å². The van der Waals surface area contributed by atoms with Crippen LogP contribution in [0, 0.1) is 5.92 Å². The second-order valence-corrected chi connectivity index (χ2v) is 5.57. The average Bonchev–Trinajstić information content (AvgIpc) is 2.49. The van der Waals surface area contributed by atoms with Crippen molar-refractivity contribution in [3.05, 3.63) is 0 Å². The molecule has 0 radical (unpaired) electrons. The Morgan fingerprint density at radius 2 is 1.67 bits per heavy atom. The second kappa shape index (κ2) is 11.8. The van der Waals surface area contributed by atoms with Crippen LogP contribution in [0.25, 0.3) is 0 Å². The van der Waals surface area contributed by atoms with Crippen molar-refractivity contribution in [2.24, 2.45) is 11.7 Å². The smallest absolute Gasteiger partial charge is 0.312 e. The molecule has 2 amide bonds. The Hall–Kier alpha value is -0.810. The number of rotatable bonds is 13. The Morgan fingerprint density at radius 1 is 1.10 bits per heavy atom. The lowest BCUT2D eigenvalue weighted by molar-refractivity contribution is -0.241. The number of ether oxygens (including phenoxy) is 2. The molecule has 0 saturated heterocycles. The fourth-order valence-electron chi connectivity index (χ4n) is 2.87. The van der Waals surface area contributed by atoms with Gasteiger partial charge in [0.05, 0.1) is 0 Å². The largest absolute Gasteiger partial charge is 0.353 e. The van der Waals surface area contributed by atoms with Crippen LogP contribution < -0.4 is 11.1 Å². The molecule has 0 spiro atoms. The minimum Gasteiger partial charge on any atom is -0.353 e. The molecule has 0 aromatic heterocycles. The van der Waals surface area contributed by atoms with E-state index in [0.29, 0.717) is 6.54 Å². The number of primary amides is 1. The summed E-state index contributed by atoms with van der Waals surface area (Å²) in [4.78, 5) is 11.0. The number of methoxy groups -OCH3 is 2. The minimum absolute atomic E-state index is 0.108. The number of carbonyl (C=O) groups excluding carboxylic acids is 1. The maximum absolute atomic E-state index is 11.0. The highest BCUT2D eigenvalue weighted by atomic mass is 16.7. The molecular formula is C16H34N2O3. The van der Waals surface area contributed by atoms with Gasteiger partial charge in [0, 0.05) is 26.7 Å². The third kappa shape index (κ3) is 7.67. The zero-order valence-corrected chi connectivity index (χ0v) is 14.2. The van der Waals surface area contributed by atoms with Gasteiger partial charge in [-0.3, -0.25) is 0 Å². The van der Waals surface area contributed by atoms with Crippen LogP contribution in [0.4, 0.5) is 4.79 Å². The summed E-state index contributed by atoms with van der Waals surface area (Å²) in [7, 11) is 3.32.